The van der Waals surface area contributed by atoms with E-state index in [2.05, 4.69) is 37.7 Å². The van der Waals surface area contributed by atoms with Crippen LogP contribution in [0.2, 0.25) is 10.0 Å². The number of nitrogens with one attached hydrogen (secondary N) is 2. The van der Waals surface area contributed by atoms with E-state index in [4.69, 9.17) is 43.8 Å². The van der Waals surface area contributed by atoms with Gasteiger partial charge in [-0.05, 0) is 70.6 Å². The van der Waals surface area contributed by atoms with E-state index in [-0.39, 0.29) is 31.5 Å². The zero-order valence-corrected chi connectivity index (χ0v) is 24.5. The van der Waals surface area contributed by atoms with Gasteiger partial charge in [0.15, 0.2) is 11.5 Å². The molecule has 0 saturated heterocycles. The summed E-state index contributed by atoms with van der Waals surface area (Å²) in [5, 5.41) is 7.74. The van der Waals surface area contributed by atoms with Crippen molar-refractivity contribution in [1.82, 2.24) is 10.7 Å². The van der Waals surface area contributed by atoms with Crippen LogP contribution in [0.3, 0.4) is 0 Å². The van der Waals surface area contributed by atoms with Crippen LogP contribution in [0, 0.1) is 18.3 Å². The number of halogens is 3. The Kier molecular flexibility index (Phi) is 13.3. The lowest BCUT2D eigenvalue weighted by molar-refractivity contribution is -0.129. The number of hydrogen-bond acceptors (Lipinski definition) is 6. The molecule has 0 saturated carbocycles. The predicted molar refractivity (Wildman–Crippen MR) is 153 cm³/mol. The molecule has 204 valence electrons. The van der Waals surface area contributed by atoms with Crippen LogP contribution in [0.1, 0.15) is 38.7 Å². The molecule has 0 aliphatic carbocycles. The van der Waals surface area contributed by atoms with Crippen LogP contribution in [-0.2, 0) is 9.59 Å². The smallest absolute Gasteiger partial charge is 0.262 e. The van der Waals surface area contributed by atoms with Crippen molar-refractivity contribution in [3.63, 3.8) is 0 Å². The molecular formula is C27H30BrCl2N3O5. The van der Waals surface area contributed by atoms with Gasteiger partial charge in [0.25, 0.3) is 5.91 Å². The van der Waals surface area contributed by atoms with Gasteiger partial charge in [-0.1, -0.05) is 43.0 Å². The molecule has 2 rings (SSSR count). The Bertz CT molecular complexity index is 1180. The zero-order valence-electron chi connectivity index (χ0n) is 21.4. The summed E-state index contributed by atoms with van der Waals surface area (Å²) >= 11 is 15.4. The van der Waals surface area contributed by atoms with Gasteiger partial charge in [-0.3, -0.25) is 9.59 Å². The minimum atomic E-state index is -0.743. The van der Waals surface area contributed by atoms with Gasteiger partial charge >= 0.3 is 0 Å². The first kappa shape index (κ1) is 31.3. The van der Waals surface area contributed by atoms with E-state index in [0.717, 1.165) is 0 Å². The number of ether oxygens (including phenoxy) is 3. The van der Waals surface area contributed by atoms with Crippen molar-refractivity contribution in [2.45, 2.75) is 39.2 Å². The van der Waals surface area contributed by atoms with E-state index >= 15 is 0 Å². The normalized spacial score (nSPS) is 11.6. The number of methoxy groups -OCH3 is 1. The number of hydrazone groups is 1. The highest BCUT2D eigenvalue weighted by Crippen LogP contribution is 2.36. The molecule has 11 heteroatoms. The summed E-state index contributed by atoms with van der Waals surface area (Å²) in [6, 6.07) is 7.63. The number of carbonyl (C=O) groups is 2. The molecule has 0 spiro atoms. The Morgan fingerprint density at radius 1 is 1.18 bits per heavy atom. The van der Waals surface area contributed by atoms with Crippen LogP contribution in [0.5, 0.6) is 17.2 Å². The van der Waals surface area contributed by atoms with Crippen LogP contribution in [0.15, 0.2) is 39.9 Å². The molecule has 0 radical (unpaired) electrons. The van der Waals surface area contributed by atoms with E-state index in [1.807, 2.05) is 13.8 Å². The lowest BCUT2D eigenvalue weighted by atomic mass is 10.0. The topological polar surface area (TPSA) is 98.2 Å². The first-order valence-corrected chi connectivity index (χ1v) is 13.3. The standard InChI is InChI=1S/C27H30BrCl2N3O5/c1-5-10-38-26-20(28)13-18(14-24(26)36-4)16-31-33-27(35)22(12-17(2)3)32-25(34)7-6-11-37-23-9-8-19(29)15-21(23)30/h1,8-9,13-17,22H,6-7,10-12H2,2-4H3,(H,32,34)(H,33,35)/b31-16-/t22-/m1/s1. The van der Waals surface area contributed by atoms with Crippen molar-refractivity contribution >= 4 is 57.2 Å². The summed E-state index contributed by atoms with van der Waals surface area (Å²) in [5.74, 6) is 3.29. The van der Waals surface area contributed by atoms with Crippen LogP contribution >= 0.6 is 39.1 Å². The van der Waals surface area contributed by atoms with E-state index in [0.29, 0.717) is 50.2 Å². The van der Waals surface area contributed by atoms with Gasteiger partial charge < -0.3 is 19.5 Å². The number of carbonyl (C=O) groups excluding carboxylic acids is 2. The molecule has 2 aromatic rings. The third-order valence-electron chi connectivity index (χ3n) is 5.00. The van der Waals surface area contributed by atoms with E-state index in [1.165, 1.54) is 13.3 Å². The molecule has 8 nitrogen and oxygen atoms in total. The largest absolute Gasteiger partial charge is 0.493 e. The Morgan fingerprint density at radius 2 is 1.95 bits per heavy atom. The van der Waals surface area contributed by atoms with Crippen molar-refractivity contribution in [3.8, 4) is 29.6 Å². The molecule has 0 fully saturated rings. The summed E-state index contributed by atoms with van der Waals surface area (Å²) in [5.41, 5.74) is 3.14. The lowest BCUT2D eigenvalue weighted by Gasteiger charge is -2.19. The third kappa shape index (κ3) is 10.4. The molecule has 0 bridgehead atoms. The molecule has 2 amide bonds. The van der Waals surface area contributed by atoms with E-state index in [9.17, 15) is 9.59 Å². The lowest BCUT2D eigenvalue weighted by Crippen LogP contribution is -2.46. The molecule has 0 aliphatic heterocycles. The SMILES string of the molecule is C#CCOc1c(Br)cc(/C=N\NC(=O)[C@@H](CC(C)C)NC(=O)CCCOc2ccc(Cl)cc2Cl)cc1OC. The fraction of sp³-hybridized carbons (Fsp3) is 0.370. The average Bonchev–Trinajstić information content (AvgIpc) is 2.86. The van der Waals surface area contributed by atoms with Crippen LogP contribution in [0.25, 0.3) is 0 Å². The summed E-state index contributed by atoms with van der Waals surface area (Å²) < 4.78 is 17.1. The minimum absolute atomic E-state index is 0.0884. The van der Waals surface area contributed by atoms with Crippen LogP contribution in [0.4, 0.5) is 0 Å². The fourth-order valence-electron chi connectivity index (χ4n) is 3.29. The molecule has 38 heavy (non-hydrogen) atoms. The minimum Gasteiger partial charge on any atom is -0.493 e. The third-order valence-corrected chi connectivity index (χ3v) is 6.12. The zero-order chi connectivity index (χ0) is 28.1. The Morgan fingerprint density at radius 3 is 2.61 bits per heavy atom. The van der Waals surface area contributed by atoms with E-state index in [1.54, 1.807) is 30.3 Å². The van der Waals surface area contributed by atoms with Crippen LogP contribution < -0.4 is 25.0 Å². The van der Waals surface area contributed by atoms with Gasteiger partial charge in [0.1, 0.15) is 18.4 Å². The van der Waals surface area contributed by atoms with Gasteiger partial charge in [0, 0.05) is 11.4 Å². The Balaban J connectivity index is 1.92. The average molecular weight is 627 g/mol. The second-order valence-electron chi connectivity index (χ2n) is 8.54. The van der Waals surface area contributed by atoms with Crippen molar-refractivity contribution in [2.75, 3.05) is 20.3 Å². The van der Waals surface area contributed by atoms with Crippen molar-refractivity contribution in [1.29, 1.82) is 0 Å². The molecule has 0 aliphatic rings. The monoisotopic (exact) mass is 625 g/mol. The molecule has 0 heterocycles. The molecule has 0 aromatic heterocycles. The first-order chi connectivity index (χ1) is 18.1. The van der Waals surface area contributed by atoms with Crippen molar-refractivity contribution in [2.24, 2.45) is 11.0 Å². The predicted octanol–water partition coefficient (Wildman–Crippen LogP) is 5.62. The maximum Gasteiger partial charge on any atom is 0.262 e. The fourth-order valence-corrected chi connectivity index (χ4v) is 4.33. The highest BCUT2D eigenvalue weighted by Gasteiger charge is 2.21. The molecule has 2 N–H and O–H groups in total. The van der Waals surface area contributed by atoms with E-state index < -0.39 is 11.9 Å². The number of hydrogen-bond donors (Lipinski definition) is 2. The molecule has 1 atom stereocenters. The molecule has 0 unspecified atom stereocenters. The van der Waals surface area contributed by atoms with Gasteiger partial charge in [-0.2, -0.15) is 5.10 Å². The van der Waals surface area contributed by atoms with Crippen LogP contribution in [-0.4, -0.2) is 44.4 Å². The summed E-state index contributed by atoms with van der Waals surface area (Å²) in [6.45, 7) is 4.30. The quantitative estimate of drug-likeness (QED) is 0.123. The maximum absolute atomic E-state index is 12.8. The Hall–Kier alpha value is -2.93. The highest BCUT2D eigenvalue weighted by atomic mass is 79.9. The summed E-state index contributed by atoms with van der Waals surface area (Å²) in [7, 11) is 1.51. The van der Waals surface area contributed by atoms with Crippen molar-refractivity contribution in [3.05, 3.63) is 50.4 Å². The number of amides is 2. The first-order valence-electron chi connectivity index (χ1n) is 11.8. The summed E-state index contributed by atoms with van der Waals surface area (Å²) in [4.78, 5) is 25.3. The number of rotatable bonds is 14. The number of nitrogens with zero attached hydrogens (tertiary/aromatic N) is 1. The number of terminal acetylenes is 1. The van der Waals surface area contributed by atoms with Gasteiger partial charge in [0.05, 0.1) is 29.4 Å². The second-order valence-corrected chi connectivity index (χ2v) is 10.2. The summed E-state index contributed by atoms with van der Waals surface area (Å²) in [6.07, 6.45) is 7.79. The highest BCUT2D eigenvalue weighted by molar-refractivity contribution is 9.10. The van der Waals surface area contributed by atoms with Crippen molar-refractivity contribution < 1.29 is 23.8 Å². The molecule has 2 aromatic carbocycles. The van der Waals surface area contributed by atoms with Gasteiger partial charge in [-0.25, -0.2) is 5.43 Å². The van der Waals surface area contributed by atoms with Gasteiger partial charge in [-0.15, -0.1) is 6.42 Å². The Labute approximate surface area is 241 Å². The number of benzene rings is 2. The maximum atomic E-state index is 12.8. The van der Waals surface area contributed by atoms with Gasteiger partial charge in [0.2, 0.25) is 5.91 Å². The second kappa shape index (κ2) is 16.1. The molecular weight excluding hydrogens is 597 g/mol.